The zero-order chi connectivity index (χ0) is 30.6. The van der Waals surface area contributed by atoms with Crippen molar-refractivity contribution >= 4 is 33.4 Å². The van der Waals surface area contributed by atoms with Gasteiger partial charge in [-0.15, -0.1) is 0 Å². The molecule has 7 nitrogen and oxygen atoms in total. The molecule has 0 bridgehead atoms. The molecule has 1 aromatic carbocycles. The molecular weight excluding hydrogens is 456 g/mol. The summed E-state index contributed by atoms with van der Waals surface area (Å²) in [6.07, 6.45) is -2.24. The van der Waals surface area contributed by atoms with Gasteiger partial charge >= 0.3 is 0 Å². The van der Waals surface area contributed by atoms with E-state index >= 15 is 4.39 Å². The zero-order valence-corrected chi connectivity index (χ0v) is 18.5. The number of nitrogens with zero attached hydrogens (tertiary/aromatic N) is 6. The molecule has 4 heterocycles. The molecule has 0 atom stereocenters. The van der Waals surface area contributed by atoms with Crippen molar-refractivity contribution in [3.05, 3.63) is 58.7 Å². The third-order valence-electron chi connectivity index (χ3n) is 5.50. The molecular formula is C24H23F2N7S. The van der Waals surface area contributed by atoms with Crippen LogP contribution < -0.4 is 15.1 Å². The number of hydrogen-bond donors (Lipinski definition) is 1. The van der Waals surface area contributed by atoms with Crippen LogP contribution in [0.4, 0.5) is 25.3 Å². The number of fused-ring (bicyclic) bond motifs is 1. The molecule has 4 aromatic rings. The number of thiazole rings is 1. The van der Waals surface area contributed by atoms with Gasteiger partial charge in [0.15, 0.2) is 10.9 Å². The highest BCUT2D eigenvalue weighted by atomic mass is 32.1. The molecule has 0 saturated carbocycles. The van der Waals surface area contributed by atoms with Crippen molar-refractivity contribution < 1.29 is 19.7 Å². The van der Waals surface area contributed by atoms with Crippen LogP contribution in [0, 0.1) is 23.0 Å². The van der Waals surface area contributed by atoms with Gasteiger partial charge in [0.2, 0.25) is 0 Å². The van der Waals surface area contributed by atoms with E-state index in [1.165, 1.54) is 18.2 Å². The molecule has 0 amide bonds. The van der Waals surface area contributed by atoms with Crippen LogP contribution in [0.2, 0.25) is 0 Å². The van der Waals surface area contributed by atoms with E-state index in [0.29, 0.717) is 48.0 Å². The van der Waals surface area contributed by atoms with E-state index in [1.54, 1.807) is 4.90 Å². The number of piperazine rings is 1. The topological polar surface area (TPSA) is 72.5 Å². The lowest BCUT2D eigenvalue weighted by molar-refractivity contribution is 0.562. The van der Waals surface area contributed by atoms with Crippen LogP contribution in [0.15, 0.2) is 36.5 Å². The number of hydrogen-bond acceptors (Lipinski definition) is 7. The highest BCUT2D eigenvalue weighted by molar-refractivity contribution is 7.16. The van der Waals surface area contributed by atoms with Gasteiger partial charge in [-0.25, -0.2) is 18.3 Å². The standard InChI is InChI=1S/C24H23F2N7S/c1-3-18-23(20-12-19(17(26)14-33(20)30-18)32-10-8-28-9-11-32)31(2)24-29-22(21(13-27)34-24)15-4-6-16(25)7-5-15/h4-7,12,14,28H,3,8-11H2,1-2H3/i1D3,2D3,3D2. The SMILES string of the molecule is [2H]C([2H])([2H])N(c1nc(-c2ccc(F)cc2)c(C#N)s1)c1c(C([2H])([2H])C([2H])([2H])[2H])nn2cc(F)c(N3CCNCC3)cc12. The third kappa shape index (κ3) is 3.87. The summed E-state index contributed by atoms with van der Waals surface area (Å²) in [5, 5.41) is 16.7. The summed E-state index contributed by atoms with van der Waals surface area (Å²) in [4.78, 5) is 6.73. The Bertz CT molecular complexity index is 1670. The molecule has 1 aliphatic rings. The Labute approximate surface area is 211 Å². The number of benzene rings is 1. The first-order chi connectivity index (χ1) is 19.6. The van der Waals surface area contributed by atoms with E-state index in [9.17, 15) is 9.65 Å². The Balaban J connectivity index is 1.81. The fourth-order valence-corrected chi connectivity index (χ4v) is 4.68. The zero-order valence-electron chi connectivity index (χ0n) is 25.6. The van der Waals surface area contributed by atoms with E-state index in [2.05, 4.69) is 15.4 Å². The minimum absolute atomic E-state index is 0.0183. The summed E-state index contributed by atoms with van der Waals surface area (Å²) in [7, 11) is 0. The molecule has 0 spiro atoms. The molecule has 10 heteroatoms. The fraction of sp³-hybridized carbons (Fsp3) is 0.292. The molecule has 34 heavy (non-hydrogen) atoms. The van der Waals surface area contributed by atoms with Crippen molar-refractivity contribution in [1.82, 2.24) is 19.9 Å². The maximum absolute atomic E-state index is 15.3. The minimum Gasteiger partial charge on any atom is -0.367 e. The van der Waals surface area contributed by atoms with E-state index in [4.69, 9.17) is 11.0 Å². The average Bonchev–Trinajstić information content (AvgIpc) is 3.50. The fourth-order valence-electron chi connectivity index (χ4n) is 3.88. The van der Waals surface area contributed by atoms with Crippen LogP contribution in [0.3, 0.4) is 0 Å². The minimum atomic E-state index is -3.29. The molecule has 1 aliphatic heterocycles. The number of aromatic nitrogens is 3. The van der Waals surface area contributed by atoms with Gasteiger partial charge in [-0.05, 0) is 36.7 Å². The second-order valence-electron chi connectivity index (χ2n) is 7.52. The summed E-state index contributed by atoms with van der Waals surface area (Å²) >= 11 is 0.670. The number of aryl methyl sites for hydroxylation is 1. The van der Waals surface area contributed by atoms with E-state index < -0.39 is 43.2 Å². The maximum atomic E-state index is 15.3. The van der Waals surface area contributed by atoms with Gasteiger partial charge in [0, 0.05) is 49.7 Å². The van der Waals surface area contributed by atoms with Crippen molar-refractivity contribution in [3.8, 4) is 17.3 Å². The quantitative estimate of drug-likeness (QED) is 0.451. The van der Waals surface area contributed by atoms with Crippen LogP contribution in [-0.4, -0.2) is 47.8 Å². The highest BCUT2D eigenvalue weighted by Gasteiger charge is 2.24. The summed E-state index contributed by atoms with van der Waals surface area (Å²) in [6.45, 7) is -4.40. The Morgan fingerprint density at radius 2 is 2.09 bits per heavy atom. The van der Waals surface area contributed by atoms with E-state index in [0.717, 1.165) is 22.8 Å². The van der Waals surface area contributed by atoms with Crippen LogP contribution >= 0.6 is 11.3 Å². The van der Waals surface area contributed by atoms with E-state index in [-0.39, 0.29) is 26.9 Å². The second kappa shape index (κ2) is 9.00. The number of nitrogens with one attached hydrogen (secondary N) is 1. The van der Waals surface area contributed by atoms with Gasteiger partial charge in [-0.2, -0.15) is 10.4 Å². The van der Waals surface area contributed by atoms with Gasteiger partial charge in [-0.1, -0.05) is 18.2 Å². The number of anilines is 3. The summed E-state index contributed by atoms with van der Waals surface area (Å²) in [5.41, 5.74) is -0.844. The van der Waals surface area contributed by atoms with Gasteiger partial charge in [0.05, 0.1) is 28.8 Å². The summed E-state index contributed by atoms with van der Waals surface area (Å²) < 4.78 is 95.6. The highest BCUT2D eigenvalue weighted by Crippen LogP contribution is 2.39. The first kappa shape index (κ1) is 14.7. The van der Waals surface area contributed by atoms with Gasteiger partial charge < -0.3 is 15.1 Å². The Morgan fingerprint density at radius 1 is 1.29 bits per heavy atom. The number of rotatable bonds is 5. The monoisotopic (exact) mass is 487 g/mol. The maximum Gasteiger partial charge on any atom is 0.191 e. The van der Waals surface area contributed by atoms with Gasteiger partial charge in [-0.3, -0.25) is 0 Å². The molecule has 1 N–H and O–H groups in total. The Morgan fingerprint density at radius 3 is 2.79 bits per heavy atom. The third-order valence-corrected chi connectivity index (χ3v) is 6.45. The molecule has 0 unspecified atom stereocenters. The van der Waals surface area contributed by atoms with Crippen molar-refractivity contribution in [2.24, 2.45) is 0 Å². The lowest BCUT2D eigenvalue weighted by Crippen LogP contribution is -2.43. The van der Waals surface area contributed by atoms with E-state index in [1.807, 2.05) is 6.07 Å². The molecule has 5 rings (SSSR count). The molecule has 0 radical (unpaired) electrons. The number of halogens is 2. The lowest BCUT2D eigenvalue weighted by Gasteiger charge is -2.29. The van der Waals surface area contributed by atoms with Crippen LogP contribution in [0.1, 0.15) is 28.4 Å². The van der Waals surface area contributed by atoms with Crippen molar-refractivity contribution in [1.29, 1.82) is 5.26 Å². The largest absolute Gasteiger partial charge is 0.367 e. The first-order valence-electron chi connectivity index (χ1n) is 14.3. The predicted octanol–water partition coefficient (Wildman–Crippen LogP) is 4.35. The normalized spacial score (nSPS) is 18.6. The molecule has 174 valence electrons. The van der Waals surface area contributed by atoms with Crippen molar-refractivity contribution in [3.63, 3.8) is 0 Å². The van der Waals surface area contributed by atoms with Gasteiger partial charge in [0.25, 0.3) is 0 Å². The number of nitriles is 1. The van der Waals surface area contributed by atoms with Crippen LogP contribution in [-0.2, 0) is 6.37 Å². The predicted molar refractivity (Wildman–Crippen MR) is 130 cm³/mol. The van der Waals surface area contributed by atoms with Crippen molar-refractivity contribution in [2.45, 2.75) is 13.2 Å². The lowest BCUT2D eigenvalue weighted by atomic mass is 10.1. The second-order valence-corrected chi connectivity index (χ2v) is 8.50. The molecule has 1 saturated heterocycles. The Kier molecular flexibility index (Phi) is 3.88. The summed E-state index contributed by atoms with van der Waals surface area (Å²) in [6, 6.07) is 8.29. The van der Waals surface area contributed by atoms with Crippen LogP contribution in [0.25, 0.3) is 16.8 Å². The van der Waals surface area contributed by atoms with Gasteiger partial charge in [0.1, 0.15) is 22.5 Å². The Hall–Kier alpha value is -3.55. The first-order valence-corrected chi connectivity index (χ1v) is 11.1. The van der Waals surface area contributed by atoms with Crippen molar-refractivity contribution in [2.75, 3.05) is 43.0 Å². The van der Waals surface area contributed by atoms with Crippen LogP contribution in [0.5, 0.6) is 0 Å². The molecule has 3 aromatic heterocycles. The molecule has 0 aliphatic carbocycles. The smallest absolute Gasteiger partial charge is 0.191 e. The average molecular weight is 488 g/mol. The molecule has 1 fully saturated rings. The summed E-state index contributed by atoms with van der Waals surface area (Å²) in [5.74, 6) is -1.26. The number of pyridine rings is 1.